The van der Waals surface area contributed by atoms with Crippen molar-refractivity contribution in [3.8, 4) is 0 Å². The van der Waals surface area contributed by atoms with Gasteiger partial charge in [0.2, 0.25) is 0 Å². The first-order valence-corrected chi connectivity index (χ1v) is 2.33. The number of rotatable bonds is 3. The van der Waals surface area contributed by atoms with Crippen LogP contribution < -0.4 is 5.73 Å². The summed E-state index contributed by atoms with van der Waals surface area (Å²) in [6.07, 6.45) is 0.834. The number of nitrogens with two attached hydrogens (primary N) is 1. The smallest absolute Gasteiger partial charge is 0.0970 e. The van der Waals surface area contributed by atoms with Gasteiger partial charge >= 0.3 is 0 Å². The molecule has 0 amide bonds. The van der Waals surface area contributed by atoms with Gasteiger partial charge in [-0.05, 0) is 6.42 Å². The molecule has 3 N–H and O–H groups in total. The van der Waals surface area contributed by atoms with E-state index in [4.69, 9.17) is 11.0 Å². The summed E-state index contributed by atoms with van der Waals surface area (Å²) in [6, 6.07) is -0.0231. The second-order valence-corrected chi connectivity index (χ2v) is 1.46. The first-order chi connectivity index (χ1) is 3.31. The summed E-state index contributed by atoms with van der Waals surface area (Å²) in [5, 5.41) is 7.79. The Hall–Kier alpha value is -0.120. The number of hydrogen-bond acceptors (Lipinski definition) is 3. The molecule has 44 valence electrons. The highest BCUT2D eigenvalue weighted by atomic mass is 17.1. The minimum Gasteiger partial charge on any atom is -0.326 e. The normalized spacial score (nSPS) is 14.1. The van der Waals surface area contributed by atoms with Crippen molar-refractivity contribution in [2.45, 2.75) is 19.4 Å². The standard InChI is InChI=1S/C4H11NO2/c1-2-4(5)3-7-6/h4,6H,2-3,5H2,1H3. The summed E-state index contributed by atoms with van der Waals surface area (Å²) in [7, 11) is 0. The van der Waals surface area contributed by atoms with E-state index < -0.39 is 0 Å². The van der Waals surface area contributed by atoms with Crippen molar-refractivity contribution in [1.82, 2.24) is 0 Å². The van der Waals surface area contributed by atoms with Crippen molar-refractivity contribution in [3.63, 3.8) is 0 Å². The summed E-state index contributed by atoms with van der Waals surface area (Å²) < 4.78 is 0. The molecule has 0 radical (unpaired) electrons. The third-order valence-electron chi connectivity index (χ3n) is 0.813. The van der Waals surface area contributed by atoms with Crippen LogP contribution in [0.3, 0.4) is 0 Å². The van der Waals surface area contributed by atoms with E-state index in [9.17, 15) is 0 Å². The van der Waals surface area contributed by atoms with Crippen LogP contribution in [0.5, 0.6) is 0 Å². The van der Waals surface area contributed by atoms with Gasteiger partial charge in [0, 0.05) is 6.04 Å². The SMILES string of the molecule is CCC(N)COO. The molecule has 0 saturated carbocycles. The van der Waals surface area contributed by atoms with E-state index in [1.807, 2.05) is 6.92 Å². The lowest BCUT2D eigenvalue weighted by molar-refractivity contribution is -0.245. The van der Waals surface area contributed by atoms with Crippen molar-refractivity contribution in [2.24, 2.45) is 5.73 Å². The lowest BCUT2D eigenvalue weighted by Gasteiger charge is -2.02. The quantitative estimate of drug-likeness (QED) is 0.398. The van der Waals surface area contributed by atoms with Gasteiger partial charge in [-0.3, -0.25) is 5.26 Å². The molecule has 0 aliphatic heterocycles. The highest BCUT2D eigenvalue weighted by molar-refractivity contribution is 4.52. The summed E-state index contributed by atoms with van der Waals surface area (Å²) >= 11 is 0. The van der Waals surface area contributed by atoms with Crippen molar-refractivity contribution in [3.05, 3.63) is 0 Å². The van der Waals surface area contributed by atoms with E-state index in [0.717, 1.165) is 6.42 Å². The van der Waals surface area contributed by atoms with Crippen molar-refractivity contribution < 1.29 is 10.1 Å². The molecular formula is C4H11NO2. The Kier molecular flexibility index (Phi) is 3.98. The zero-order chi connectivity index (χ0) is 5.70. The van der Waals surface area contributed by atoms with Gasteiger partial charge in [-0.1, -0.05) is 6.92 Å². The van der Waals surface area contributed by atoms with E-state index in [-0.39, 0.29) is 12.6 Å². The van der Waals surface area contributed by atoms with Crippen LogP contribution in [0.2, 0.25) is 0 Å². The monoisotopic (exact) mass is 105 g/mol. The lowest BCUT2D eigenvalue weighted by atomic mass is 10.3. The summed E-state index contributed by atoms with van der Waals surface area (Å²) in [6.45, 7) is 2.17. The maximum Gasteiger partial charge on any atom is 0.0970 e. The van der Waals surface area contributed by atoms with Gasteiger partial charge < -0.3 is 5.73 Å². The first-order valence-electron chi connectivity index (χ1n) is 2.33. The summed E-state index contributed by atoms with van der Waals surface area (Å²) in [5.74, 6) is 0. The fourth-order valence-electron chi connectivity index (χ4n) is 0.214. The van der Waals surface area contributed by atoms with Crippen LogP contribution in [0, 0.1) is 0 Å². The fraction of sp³-hybridized carbons (Fsp3) is 1.00. The molecule has 3 nitrogen and oxygen atoms in total. The molecule has 1 atom stereocenters. The highest BCUT2D eigenvalue weighted by Gasteiger charge is 1.94. The molecule has 0 aliphatic rings. The van der Waals surface area contributed by atoms with Crippen LogP contribution in [-0.2, 0) is 4.89 Å². The van der Waals surface area contributed by atoms with E-state index >= 15 is 0 Å². The summed E-state index contributed by atoms with van der Waals surface area (Å²) in [5.41, 5.74) is 5.30. The predicted molar refractivity (Wildman–Crippen MR) is 26.8 cm³/mol. The van der Waals surface area contributed by atoms with Gasteiger partial charge in [0.05, 0.1) is 6.61 Å². The average molecular weight is 105 g/mol. The van der Waals surface area contributed by atoms with Crippen molar-refractivity contribution >= 4 is 0 Å². The lowest BCUT2D eigenvalue weighted by Crippen LogP contribution is -2.24. The minimum atomic E-state index is -0.0231. The first kappa shape index (κ1) is 6.88. The van der Waals surface area contributed by atoms with Crippen LogP contribution in [0.4, 0.5) is 0 Å². The molecule has 0 rings (SSSR count). The highest BCUT2D eigenvalue weighted by Crippen LogP contribution is 1.83. The fourth-order valence-corrected chi connectivity index (χ4v) is 0.214. The van der Waals surface area contributed by atoms with E-state index in [1.54, 1.807) is 0 Å². The molecular weight excluding hydrogens is 94.0 g/mol. The Labute approximate surface area is 43.0 Å². The van der Waals surface area contributed by atoms with Gasteiger partial charge in [0.15, 0.2) is 0 Å². The Bertz CT molecular complexity index is 40.7. The van der Waals surface area contributed by atoms with Gasteiger partial charge in [0.25, 0.3) is 0 Å². The predicted octanol–water partition coefficient (Wildman–Crippen LogP) is 0.213. The Morgan fingerprint density at radius 2 is 2.43 bits per heavy atom. The Morgan fingerprint density at radius 1 is 1.86 bits per heavy atom. The molecule has 0 fully saturated rings. The van der Waals surface area contributed by atoms with Crippen molar-refractivity contribution in [1.29, 1.82) is 0 Å². The van der Waals surface area contributed by atoms with Crippen LogP contribution in [0.15, 0.2) is 0 Å². The summed E-state index contributed by atoms with van der Waals surface area (Å²) in [4.78, 5) is 3.77. The molecule has 1 unspecified atom stereocenters. The second-order valence-electron chi connectivity index (χ2n) is 1.46. The maximum atomic E-state index is 7.79. The topological polar surface area (TPSA) is 55.5 Å². The molecule has 0 aromatic heterocycles. The molecule has 0 heterocycles. The third kappa shape index (κ3) is 3.72. The minimum absolute atomic E-state index is 0.0231. The van der Waals surface area contributed by atoms with Crippen LogP contribution >= 0.6 is 0 Å². The second kappa shape index (κ2) is 4.05. The van der Waals surface area contributed by atoms with Crippen LogP contribution in [0.1, 0.15) is 13.3 Å². The van der Waals surface area contributed by atoms with Crippen LogP contribution in [-0.4, -0.2) is 17.9 Å². The van der Waals surface area contributed by atoms with E-state index in [2.05, 4.69) is 4.89 Å². The molecule has 3 heteroatoms. The maximum absolute atomic E-state index is 7.79. The van der Waals surface area contributed by atoms with Gasteiger partial charge in [-0.15, -0.1) is 0 Å². The zero-order valence-corrected chi connectivity index (χ0v) is 4.42. The van der Waals surface area contributed by atoms with Crippen molar-refractivity contribution in [2.75, 3.05) is 6.61 Å². The number of hydrogen-bond donors (Lipinski definition) is 2. The van der Waals surface area contributed by atoms with Gasteiger partial charge in [0.1, 0.15) is 0 Å². The van der Waals surface area contributed by atoms with Gasteiger partial charge in [-0.2, -0.15) is 0 Å². The van der Waals surface area contributed by atoms with Gasteiger partial charge in [-0.25, -0.2) is 4.89 Å². The molecule has 0 aliphatic carbocycles. The average Bonchev–Trinajstić information content (AvgIpc) is 1.68. The third-order valence-corrected chi connectivity index (χ3v) is 0.813. The molecule has 0 aromatic rings. The Morgan fingerprint density at radius 3 is 2.57 bits per heavy atom. The van der Waals surface area contributed by atoms with E-state index in [1.165, 1.54) is 0 Å². The van der Waals surface area contributed by atoms with E-state index in [0.29, 0.717) is 0 Å². The molecule has 7 heavy (non-hydrogen) atoms. The van der Waals surface area contributed by atoms with Crippen LogP contribution in [0.25, 0.3) is 0 Å². The molecule has 0 bridgehead atoms. The molecule has 0 spiro atoms. The largest absolute Gasteiger partial charge is 0.326 e. The zero-order valence-electron chi connectivity index (χ0n) is 4.42. The molecule has 0 aromatic carbocycles. The molecule has 0 saturated heterocycles. The Balaban J connectivity index is 2.83.